The molecular weight excluding hydrogens is 438 g/mol. The molecule has 6 heterocycles. The van der Waals surface area contributed by atoms with Crippen LogP contribution < -0.4 is 0 Å². The summed E-state index contributed by atoms with van der Waals surface area (Å²) in [6.45, 7) is 2.13. The summed E-state index contributed by atoms with van der Waals surface area (Å²) in [5, 5.41) is 0. The van der Waals surface area contributed by atoms with Gasteiger partial charge in [-0.05, 0) is 91.4 Å². The molecule has 0 saturated carbocycles. The number of nitrogens with zero attached hydrogens (tertiary/aromatic N) is 2. The molecular formula is C26H23FeN5. The number of aromatic amines is 3. The van der Waals surface area contributed by atoms with Gasteiger partial charge in [-0.1, -0.05) is 6.92 Å². The van der Waals surface area contributed by atoms with Crippen molar-refractivity contribution in [3.63, 3.8) is 0 Å². The van der Waals surface area contributed by atoms with Gasteiger partial charge in [0.05, 0.1) is 22.8 Å². The molecule has 0 aromatic carbocycles. The van der Waals surface area contributed by atoms with E-state index in [0.29, 0.717) is 0 Å². The van der Waals surface area contributed by atoms with Crippen LogP contribution in [-0.4, -0.2) is 24.9 Å². The molecule has 0 aliphatic carbocycles. The SMILES string of the molecule is C1=Cc2cc3ccc(cc4ccc(cc5nc(cc1n2)C=C5)[nH]4)[nH]3.CCc1ccc[nH]1.[Fe]. The normalized spacial score (nSPS) is 11.5. The van der Waals surface area contributed by atoms with Crippen molar-refractivity contribution >= 4 is 46.4 Å². The summed E-state index contributed by atoms with van der Waals surface area (Å²) < 4.78 is 0. The Morgan fingerprint density at radius 3 is 1.50 bits per heavy atom. The third-order valence-electron chi connectivity index (χ3n) is 5.09. The average molecular weight is 461 g/mol. The van der Waals surface area contributed by atoms with E-state index in [0.717, 1.165) is 51.3 Å². The molecule has 0 saturated heterocycles. The quantitative estimate of drug-likeness (QED) is 0.254. The second-order valence-corrected chi connectivity index (χ2v) is 7.45. The zero-order valence-corrected chi connectivity index (χ0v) is 18.7. The van der Waals surface area contributed by atoms with Gasteiger partial charge in [0.1, 0.15) is 0 Å². The van der Waals surface area contributed by atoms with E-state index >= 15 is 0 Å². The molecule has 0 atom stereocenters. The van der Waals surface area contributed by atoms with Crippen molar-refractivity contribution in [2.24, 2.45) is 0 Å². The Hall–Kier alpha value is -3.60. The Morgan fingerprint density at radius 2 is 1.09 bits per heavy atom. The van der Waals surface area contributed by atoms with E-state index in [1.54, 1.807) is 0 Å². The summed E-state index contributed by atoms with van der Waals surface area (Å²) in [4.78, 5) is 19.1. The second kappa shape index (κ2) is 9.69. The van der Waals surface area contributed by atoms with E-state index in [9.17, 15) is 0 Å². The Kier molecular flexibility index (Phi) is 6.55. The van der Waals surface area contributed by atoms with Gasteiger partial charge in [-0.25, -0.2) is 9.97 Å². The largest absolute Gasteiger partial charge is 0.365 e. The Balaban J connectivity index is 0.000000265. The molecule has 2 aliphatic rings. The molecule has 0 amide bonds. The second-order valence-electron chi connectivity index (χ2n) is 7.45. The molecule has 0 unspecified atom stereocenters. The number of hydrogen-bond acceptors (Lipinski definition) is 2. The van der Waals surface area contributed by atoms with Crippen molar-refractivity contribution < 1.29 is 17.1 Å². The Bertz CT molecular complexity index is 1330. The van der Waals surface area contributed by atoms with Crippen molar-refractivity contribution in [2.45, 2.75) is 13.3 Å². The van der Waals surface area contributed by atoms with Crippen LogP contribution in [0.4, 0.5) is 0 Å². The fourth-order valence-electron chi connectivity index (χ4n) is 3.53. The first-order valence-electron chi connectivity index (χ1n) is 10.4. The Morgan fingerprint density at radius 1 is 0.625 bits per heavy atom. The van der Waals surface area contributed by atoms with Gasteiger partial charge in [0, 0.05) is 51.0 Å². The van der Waals surface area contributed by atoms with Gasteiger partial charge in [0.2, 0.25) is 0 Å². The number of H-pyrrole nitrogens is 3. The molecule has 0 fully saturated rings. The summed E-state index contributed by atoms with van der Waals surface area (Å²) in [5.41, 5.74) is 9.17. The van der Waals surface area contributed by atoms with E-state index in [-0.39, 0.29) is 17.1 Å². The molecule has 32 heavy (non-hydrogen) atoms. The maximum absolute atomic E-state index is 4.62. The third kappa shape index (κ3) is 5.17. The molecule has 0 radical (unpaired) electrons. The Labute approximate surface area is 196 Å². The number of fused-ring (bicyclic) bond motifs is 8. The van der Waals surface area contributed by atoms with Crippen LogP contribution in [0, 0.1) is 0 Å². The first kappa shape index (κ1) is 21.6. The molecule has 2 aliphatic heterocycles. The van der Waals surface area contributed by atoms with Crippen LogP contribution in [0.3, 0.4) is 0 Å². The standard InChI is InChI=1S/C20H14N4.C6H9N.Fe/c1-2-14-10-16-5-6-18(23-16)12-20-8-7-19(24-20)11-17-4-3-15(22-17)9-13(1)21-14;1-2-6-4-3-5-7-6;/h1-12,21-22H;3-5,7H,2H2,1H3;. The fourth-order valence-corrected chi connectivity index (χ4v) is 3.53. The summed E-state index contributed by atoms with van der Waals surface area (Å²) in [7, 11) is 0. The van der Waals surface area contributed by atoms with Gasteiger partial charge in [0.15, 0.2) is 0 Å². The van der Waals surface area contributed by atoms with Gasteiger partial charge < -0.3 is 15.0 Å². The predicted molar refractivity (Wildman–Crippen MR) is 129 cm³/mol. The van der Waals surface area contributed by atoms with E-state index in [4.69, 9.17) is 0 Å². The maximum Gasteiger partial charge on any atom is 0.0659 e. The smallest absolute Gasteiger partial charge is 0.0659 e. The summed E-state index contributed by atoms with van der Waals surface area (Å²) in [6, 6.07) is 20.5. The monoisotopic (exact) mass is 461 g/mol. The summed E-state index contributed by atoms with van der Waals surface area (Å²) in [6.07, 6.45) is 11.1. The zero-order chi connectivity index (χ0) is 21.0. The number of aromatic nitrogens is 5. The zero-order valence-electron chi connectivity index (χ0n) is 17.6. The van der Waals surface area contributed by atoms with Crippen LogP contribution in [-0.2, 0) is 23.5 Å². The summed E-state index contributed by atoms with van der Waals surface area (Å²) >= 11 is 0. The molecule has 8 bridgehead atoms. The average Bonchev–Trinajstić information content (AvgIpc) is 3.57. The van der Waals surface area contributed by atoms with Crippen LogP contribution >= 0.6 is 0 Å². The molecule has 4 aromatic rings. The summed E-state index contributed by atoms with van der Waals surface area (Å²) in [5.74, 6) is 0. The fraction of sp³-hybridized carbons (Fsp3) is 0.0769. The number of aryl methyl sites for hydroxylation is 1. The molecule has 6 heteroatoms. The molecule has 4 aromatic heterocycles. The minimum atomic E-state index is 0. The van der Waals surface area contributed by atoms with Crippen LogP contribution in [0.25, 0.3) is 46.4 Å². The predicted octanol–water partition coefficient (Wildman–Crippen LogP) is 6.23. The van der Waals surface area contributed by atoms with E-state index in [1.807, 2.05) is 54.8 Å². The van der Waals surface area contributed by atoms with Crippen molar-refractivity contribution in [1.82, 2.24) is 24.9 Å². The minimum Gasteiger partial charge on any atom is -0.365 e. The molecule has 3 N–H and O–H groups in total. The van der Waals surface area contributed by atoms with Gasteiger partial charge in [-0.15, -0.1) is 0 Å². The topological polar surface area (TPSA) is 73.2 Å². The van der Waals surface area contributed by atoms with Gasteiger partial charge in [-0.2, -0.15) is 0 Å². The van der Waals surface area contributed by atoms with Crippen molar-refractivity contribution in [1.29, 1.82) is 0 Å². The van der Waals surface area contributed by atoms with Crippen LogP contribution in [0.15, 0.2) is 66.9 Å². The van der Waals surface area contributed by atoms with E-state index in [1.165, 1.54) is 5.69 Å². The molecule has 0 spiro atoms. The number of rotatable bonds is 1. The van der Waals surface area contributed by atoms with Crippen LogP contribution in [0.1, 0.15) is 35.4 Å². The third-order valence-corrected chi connectivity index (χ3v) is 5.09. The van der Waals surface area contributed by atoms with Gasteiger partial charge in [0.25, 0.3) is 0 Å². The van der Waals surface area contributed by atoms with Crippen LogP contribution in [0.5, 0.6) is 0 Å². The van der Waals surface area contributed by atoms with Crippen molar-refractivity contribution in [3.05, 3.63) is 95.3 Å². The van der Waals surface area contributed by atoms with Crippen LogP contribution in [0.2, 0.25) is 0 Å². The number of hydrogen-bond donors (Lipinski definition) is 3. The first-order valence-corrected chi connectivity index (χ1v) is 10.4. The van der Waals surface area contributed by atoms with E-state index in [2.05, 4.69) is 68.2 Å². The van der Waals surface area contributed by atoms with Crippen molar-refractivity contribution in [3.8, 4) is 0 Å². The van der Waals surface area contributed by atoms with Crippen molar-refractivity contribution in [2.75, 3.05) is 0 Å². The molecule has 160 valence electrons. The molecule has 6 rings (SSSR count). The maximum atomic E-state index is 4.62. The molecule has 5 nitrogen and oxygen atoms in total. The number of nitrogens with one attached hydrogen (secondary N) is 3. The van der Waals surface area contributed by atoms with E-state index < -0.39 is 0 Å². The van der Waals surface area contributed by atoms with Gasteiger partial charge in [-0.3, -0.25) is 0 Å². The minimum absolute atomic E-state index is 0. The van der Waals surface area contributed by atoms with Gasteiger partial charge >= 0.3 is 0 Å². The first-order chi connectivity index (χ1) is 15.2.